The normalized spacial score (nSPS) is 24.2. The highest BCUT2D eigenvalue weighted by atomic mass is 19.3. The van der Waals surface area contributed by atoms with Crippen LogP contribution in [0.1, 0.15) is 120 Å². The van der Waals surface area contributed by atoms with Crippen molar-refractivity contribution in [2.75, 3.05) is 6.61 Å². The van der Waals surface area contributed by atoms with Crippen molar-refractivity contribution in [3.05, 3.63) is 58.9 Å². The Hall–Kier alpha value is -1.85. The minimum atomic E-state index is -2.90. The summed E-state index contributed by atoms with van der Waals surface area (Å²) in [7, 11) is 0. The third-order valence-corrected chi connectivity index (χ3v) is 8.65. The molecule has 210 valence electrons. The summed E-state index contributed by atoms with van der Waals surface area (Å²) < 4.78 is 55.2. The van der Waals surface area contributed by atoms with Crippen LogP contribution in [-0.4, -0.2) is 18.8 Å². The molecule has 1 aliphatic carbocycles. The number of ether oxygens (including phenoxy) is 2. The Morgan fingerprint density at radius 3 is 2.26 bits per heavy atom. The average molecular weight is 531 g/mol. The molecule has 4 rings (SSSR count). The van der Waals surface area contributed by atoms with Gasteiger partial charge >= 0.3 is 0 Å². The maximum Gasteiger partial charge on any atom is 0.267 e. The van der Waals surface area contributed by atoms with Gasteiger partial charge in [-0.05, 0) is 73.5 Å². The first kappa shape index (κ1) is 29.1. The van der Waals surface area contributed by atoms with Crippen LogP contribution in [0, 0.1) is 11.7 Å². The third kappa shape index (κ3) is 7.63. The molecule has 38 heavy (non-hydrogen) atoms. The van der Waals surface area contributed by atoms with Gasteiger partial charge in [-0.15, -0.1) is 0 Å². The standard InChI is InChI=1S/C33H45F3O2/c1-3-5-6-8-23-9-11-24(12-10-23)25-13-15-26(16-14-25)30-20-17-27(32(34)31(30)33(35)36)21-37-29-19-18-28(7-4-2)38-22-29/h13-17,20,23-24,28-29,33H,3-12,18-19,21-22H2,1-2H3. The van der Waals surface area contributed by atoms with Crippen LogP contribution in [0.5, 0.6) is 0 Å². The van der Waals surface area contributed by atoms with Crippen LogP contribution in [0.15, 0.2) is 36.4 Å². The smallest absolute Gasteiger partial charge is 0.267 e. The number of hydrogen-bond donors (Lipinski definition) is 0. The van der Waals surface area contributed by atoms with Crippen molar-refractivity contribution < 1.29 is 22.6 Å². The molecule has 2 aliphatic rings. The Bertz CT molecular complexity index is 974. The van der Waals surface area contributed by atoms with E-state index in [0.29, 0.717) is 18.1 Å². The highest BCUT2D eigenvalue weighted by Gasteiger charge is 2.26. The summed E-state index contributed by atoms with van der Waals surface area (Å²) in [5.41, 5.74) is 1.80. The number of benzene rings is 2. The molecule has 2 fully saturated rings. The predicted octanol–water partition coefficient (Wildman–Crippen LogP) is 10.1. The molecule has 5 heteroatoms. The number of halogens is 3. The van der Waals surface area contributed by atoms with Gasteiger partial charge in [0.1, 0.15) is 5.82 Å². The van der Waals surface area contributed by atoms with E-state index in [1.54, 1.807) is 12.1 Å². The zero-order valence-electron chi connectivity index (χ0n) is 23.2. The van der Waals surface area contributed by atoms with Crippen LogP contribution < -0.4 is 0 Å². The summed E-state index contributed by atoms with van der Waals surface area (Å²) in [5.74, 6) is 0.515. The van der Waals surface area contributed by atoms with E-state index >= 15 is 4.39 Å². The molecule has 2 nitrogen and oxygen atoms in total. The quantitative estimate of drug-likeness (QED) is 0.254. The fraction of sp³-hybridized carbons (Fsp3) is 0.636. The van der Waals surface area contributed by atoms with E-state index in [2.05, 4.69) is 26.0 Å². The minimum absolute atomic E-state index is 0.0294. The van der Waals surface area contributed by atoms with Gasteiger partial charge < -0.3 is 9.47 Å². The summed E-state index contributed by atoms with van der Waals surface area (Å²) in [6, 6.07) is 11.1. The first-order valence-electron chi connectivity index (χ1n) is 14.9. The lowest BCUT2D eigenvalue weighted by atomic mass is 9.77. The molecule has 0 amide bonds. The average Bonchev–Trinajstić information content (AvgIpc) is 2.94. The van der Waals surface area contributed by atoms with E-state index in [1.807, 2.05) is 12.1 Å². The van der Waals surface area contributed by atoms with Gasteiger partial charge in [0.05, 0.1) is 31.0 Å². The summed E-state index contributed by atoms with van der Waals surface area (Å²) in [5, 5.41) is 0. The first-order chi connectivity index (χ1) is 18.5. The number of alkyl halides is 2. The molecule has 2 unspecified atom stereocenters. The highest BCUT2D eigenvalue weighted by molar-refractivity contribution is 5.69. The van der Waals surface area contributed by atoms with Gasteiger partial charge in [0.15, 0.2) is 0 Å². The lowest BCUT2D eigenvalue weighted by molar-refractivity contribution is -0.0928. The SMILES string of the molecule is CCCCCC1CCC(c2ccc(-c3ccc(COC4CCC(CCC)OC4)c(F)c3C(F)F)cc2)CC1. The number of hydrogen-bond acceptors (Lipinski definition) is 2. The molecule has 0 spiro atoms. The Morgan fingerprint density at radius 2 is 1.63 bits per heavy atom. The summed E-state index contributed by atoms with van der Waals surface area (Å²) >= 11 is 0. The molecule has 1 saturated carbocycles. The van der Waals surface area contributed by atoms with Crippen LogP contribution in [0.3, 0.4) is 0 Å². The molecule has 1 saturated heterocycles. The summed E-state index contributed by atoms with van der Waals surface area (Å²) in [6.45, 7) is 4.82. The van der Waals surface area contributed by atoms with E-state index in [0.717, 1.165) is 31.6 Å². The van der Waals surface area contributed by atoms with Crippen molar-refractivity contribution in [2.24, 2.45) is 5.92 Å². The molecule has 2 aromatic rings. The maximum atomic E-state index is 15.3. The van der Waals surface area contributed by atoms with Crippen LogP contribution in [0.25, 0.3) is 11.1 Å². The number of rotatable bonds is 12. The highest BCUT2D eigenvalue weighted by Crippen LogP contribution is 2.40. The second-order valence-corrected chi connectivity index (χ2v) is 11.4. The predicted molar refractivity (Wildman–Crippen MR) is 148 cm³/mol. The van der Waals surface area contributed by atoms with Crippen LogP contribution >= 0.6 is 0 Å². The second-order valence-electron chi connectivity index (χ2n) is 11.4. The van der Waals surface area contributed by atoms with Crippen LogP contribution in [-0.2, 0) is 16.1 Å². The third-order valence-electron chi connectivity index (χ3n) is 8.65. The Kier molecular flexibility index (Phi) is 11.1. The number of unbranched alkanes of at least 4 members (excludes halogenated alkanes) is 2. The lowest BCUT2D eigenvalue weighted by Gasteiger charge is -2.29. The van der Waals surface area contributed by atoms with Gasteiger partial charge in [0, 0.05) is 5.56 Å². The molecule has 0 radical (unpaired) electrons. The maximum absolute atomic E-state index is 15.3. The topological polar surface area (TPSA) is 18.5 Å². The molecule has 0 aromatic heterocycles. The molecule has 1 aliphatic heterocycles. The van der Waals surface area contributed by atoms with Gasteiger partial charge in [-0.2, -0.15) is 0 Å². The first-order valence-corrected chi connectivity index (χ1v) is 14.9. The molecule has 2 aromatic carbocycles. The van der Waals surface area contributed by atoms with Gasteiger partial charge in [0.2, 0.25) is 0 Å². The second kappa shape index (κ2) is 14.5. The van der Waals surface area contributed by atoms with Crippen molar-refractivity contribution in [2.45, 2.75) is 122 Å². The van der Waals surface area contributed by atoms with E-state index in [1.165, 1.54) is 56.9 Å². The van der Waals surface area contributed by atoms with Crippen molar-refractivity contribution in [1.29, 1.82) is 0 Å². The Morgan fingerprint density at radius 1 is 0.868 bits per heavy atom. The molecule has 1 heterocycles. The van der Waals surface area contributed by atoms with E-state index in [-0.39, 0.29) is 29.9 Å². The Labute approximate surface area is 227 Å². The van der Waals surface area contributed by atoms with Crippen LogP contribution in [0.4, 0.5) is 13.2 Å². The van der Waals surface area contributed by atoms with Gasteiger partial charge in [-0.1, -0.05) is 82.3 Å². The molecule has 0 N–H and O–H groups in total. The molecular formula is C33H45F3O2. The van der Waals surface area contributed by atoms with Gasteiger partial charge in [0.25, 0.3) is 6.43 Å². The van der Waals surface area contributed by atoms with E-state index in [9.17, 15) is 8.78 Å². The van der Waals surface area contributed by atoms with Crippen molar-refractivity contribution in [3.8, 4) is 11.1 Å². The lowest BCUT2D eigenvalue weighted by Crippen LogP contribution is -2.31. The largest absolute Gasteiger partial charge is 0.376 e. The van der Waals surface area contributed by atoms with Gasteiger partial charge in [-0.3, -0.25) is 0 Å². The summed E-state index contributed by atoms with van der Waals surface area (Å²) in [4.78, 5) is 0. The zero-order chi connectivity index (χ0) is 26.9. The van der Waals surface area contributed by atoms with E-state index < -0.39 is 17.8 Å². The fourth-order valence-corrected chi connectivity index (χ4v) is 6.29. The van der Waals surface area contributed by atoms with E-state index in [4.69, 9.17) is 9.47 Å². The monoisotopic (exact) mass is 530 g/mol. The molecule has 0 bridgehead atoms. The Balaban J connectivity index is 1.38. The fourth-order valence-electron chi connectivity index (χ4n) is 6.29. The van der Waals surface area contributed by atoms with Crippen molar-refractivity contribution >= 4 is 0 Å². The van der Waals surface area contributed by atoms with Gasteiger partial charge in [-0.25, -0.2) is 13.2 Å². The van der Waals surface area contributed by atoms with Crippen molar-refractivity contribution in [3.63, 3.8) is 0 Å². The minimum Gasteiger partial charge on any atom is -0.376 e. The van der Waals surface area contributed by atoms with Crippen molar-refractivity contribution in [1.82, 2.24) is 0 Å². The van der Waals surface area contributed by atoms with Crippen LogP contribution in [0.2, 0.25) is 0 Å². The summed E-state index contributed by atoms with van der Waals surface area (Å²) in [6.07, 6.45) is 11.3. The zero-order valence-corrected chi connectivity index (χ0v) is 23.2. The molecule has 2 atom stereocenters. The molecular weight excluding hydrogens is 485 g/mol.